The third kappa shape index (κ3) is 3.89. The Morgan fingerprint density at radius 1 is 1.67 bits per heavy atom. The molecule has 1 aromatic rings. The van der Waals surface area contributed by atoms with E-state index in [9.17, 15) is 4.79 Å². The summed E-state index contributed by atoms with van der Waals surface area (Å²) in [6.45, 7) is 1.81. The van der Waals surface area contributed by atoms with Gasteiger partial charge in [0.05, 0.1) is 10.6 Å². The van der Waals surface area contributed by atoms with E-state index in [1.54, 1.807) is 19.2 Å². The van der Waals surface area contributed by atoms with Gasteiger partial charge in [-0.2, -0.15) is 0 Å². The molecule has 0 bridgehead atoms. The number of aromatic nitrogens is 1. The van der Waals surface area contributed by atoms with Crippen LogP contribution in [0.1, 0.15) is 17.4 Å². The van der Waals surface area contributed by atoms with E-state index in [0.717, 1.165) is 4.47 Å². The summed E-state index contributed by atoms with van der Waals surface area (Å²) < 4.78 is 1.40. The largest absolute Gasteiger partial charge is 0.392 e. The van der Waals surface area contributed by atoms with Crippen molar-refractivity contribution >= 4 is 37.8 Å². The van der Waals surface area contributed by atoms with Crippen LogP contribution in [-0.4, -0.2) is 28.6 Å². The Bertz CT molecular complexity index is 369. The van der Waals surface area contributed by atoms with E-state index in [4.69, 9.17) is 5.11 Å². The minimum Gasteiger partial charge on any atom is -0.392 e. The third-order valence-electron chi connectivity index (χ3n) is 1.58. The van der Waals surface area contributed by atoms with Crippen molar-refractivity contribution in [2.45, 2.75) is 13.0 Å². The van der Waals surface area contributed by atoms with E-state index >= 15 is 0 Å². The number of aliphatic hydroxyl groups is 1. The Morgan fingerprint density at radius 3 is 2.87 bits per heavy atom. The fraction of sp³-hybridized carbons (Fsp3) is 0.333. The number of rotatable bonds is 3. The van der Waals surface area contributed by atoms with Crippen molar-refractivity contribution in [2.75, 3.05) is 6.54 Å². The Balaban J connectivity index is 2.74. The van der Waals surface area contributed by atoms with E-state index in [1.807, 2.05) is 0 Å². The van der Waals surface area contributed by atoms with Crippen molar-refractivity contribution in [3.8, 4) is 0 Å². The quantitative estimate of drug-likeness (QED) is 0.882. The molecular weight excluding hydrogens is 328 g/mol. The molecule has 6 heteroatoms. The number of carbonyl (C=O) groups excluding carboxylic acids is 1. The summed E-state index contributed by atoms with van der Waals surface area (Å²) in [6, 6.07) is 1.74. The Hall–Kier alpha value is -0.460. The molecule has 15 heavy (non-hydrogen) atoms. The highest BCUT2D eigenvalue weighted by Crippen LogP contribution is 2.19. The van der Waals surface area contributed by atoms with Crippen molar-refractivity contribution in [2.24, 2.45) is 0 Å². The summed E-state index contributed by atoms with van der Waals surface area (Å²) in [5, 5.41) is 11.6. The summed E-state index contributed by atoms with van der Waals surface area (Å²) in [5.74, 6) is -0.310. The first-order valence-electron chi connectivity index (χ1n) is 4.28. The van der Waals surface area contributed by atoms with Crippen molar-refractivity contribution in [1.29, 1.82) is 0 Å². The molecule has 0 saturated heterocycles. The minimum absolute atomic E-state index is 0.211. The highest BCUT2D eigenvalue weighted by Gasteiger charge is 2.12. The normalized spacial score (nSPS) is 12.3. The number of halogens is 2. The number of pyridine rings is 1. The van der Waals surface area contributed by atoms with Crippen molar-refractivity contribution in [1.82, 2.24) is 10.3 Å². The van der Waals surface area contributed by atoms with Crippen LogP contribution in [0.15, 0.2) is 21.2 Å². The van der Waals surface area contributed by atoms with E-state index < -0.39 is 6.10 Å². The number of amides is 1. The molecule has 0 spiro atoms. The molecule has 1 amide bonds. The van der Waals surface area contributed by atoms with Gasteiger partial charge in [-0.15, -0.1) is 0 Å². The molecular formula is C9H10Br2N2O2. The second-order valence-corrected chi connectivity index (χ2v) is 4.81. The fourth-order valence-corrected chi connectivity index (χ4v) is 2.07. The van der Waals surface area contributed by atoms with Crippen LogP contribution in [0.2, 0.25) is 0 Å². The lowest BCUT2D eigenvalue weighted by molar-refractivity contribution is 0.0918. The first-order valence-corrected chi connectivity index (χ1v) is 5.86. The monoisotopic (exact) mass is 336 g/mol. The maximum atomic E-state index is 11.6. The first-order chi connectivity index (χ1) is 7.00. The standard InChI is InChI=1S/C9H10Br2N2O2/c1-5(14)3-13-9(15)8-7(11)2-6(10)4-12-8/h2,4-5,14H,3H2,1H3,(H,13,15)/t5-/m0/s1. The van der Waals surface area contributed by atoms with Crippen molar-refractivity contribution < 1.29 is 9.90 Å². The van der Waals surface area contributed by atoms with Crippen LogP contribution >= 0.6 is 31.9 Å². The smallest absolute Gasteiger partial charge is 0.271 e. The number of nitrogens with zero attached hydrogens (tertiary/aromatic N) is 1. The predicted octanol–water partition coefficient (Wildman–Crippen LogP) is 1.72. The SMILES string of the molecule is C[C@H](O)CNC(=O)c1ncc(Br)cc1Br. The van der Waals surface area contributed by atoms with E-state index in [1.165, 1.54) is 0 Å². The molecule has 0 aliphatic heterocycles. The van der Waals surface area contributed by atoms with Gasteiger partial charge >= 0.3 is 0 Å². The molecule has 82 valence electrons. The van der Waals surface area contributed by atoms with Gasteiger partial charge in [0.15, 0.2) is 0 Å². The van der Waals surface area contributed by atoms with Crippen LogP contribution in [0, 0.1) is 0 Å². The summed E-state index contributed by atoms with van der Waals surface area (Å²) >= 11 is 6.48. The third-order valence-corrected chi connectivity index (χ3v) is 2.62. The lowest BCUT2D eigenvalue weighted by atomic mass is 10.3. The molecule has 0 unspecified atom stereocenters. The number of carbonyl (C=O) groups is 1. The molecule has 0 aliphatic rings. The second kappa shape index (κ2) is 5.58. The molecule has 1 heterocycles. The minimum atomic E-state index is -0.567. The molecule has 0 saturated carbocycles. The van der Waals surface area contributed by atoms with Crippen LogP contribution in [0.4, 0.5) is 0 Å². The average Bonchev–Trinajstić information content (AvgIpc) is 2.14. The Labute approximate surface area is 104 Å². The lowest BCUT2D eigenvalue weighted by Gasteiger charge is -2.07. The summed E-state index contributed by atoms with van der Waals surface area (Å²) in [6.07, 6.45) is 0.977. The van der Waals surface area contributed by atoms with Crippen LogP contribution < -0.4 is 5.32 Å². The molecule has 1 atom stereocenters. The predicted molar refractivity (Wildman–Crippen MR) is 63.7 cm³/mol. The van der Waals surface area contributed by atoms with Gasteiger partial charge in [0, 0.05) is 17.2 Å². The molecule has 0 aromatic carbocycles. The van der Waals surface area contributed by atoms with Gasteiger partial charge in [-0.1, -0.05) is 0 Å². The number of hydrogen-bond donors (Lipinski definition) is 2. The first kappa shape index (κ1) is 12.6. The molecule has 0 radical (unpaired) electrons. The molecule has 0 aliphatic carbocycles. The van der Waals surface area contributed by atoms with Crippen LogP contribution in [0.3, 0.4) is 0 Å². The van der Waals surface area contributed by atoms with Crippen LogP contribution in [0.25, 0.3) is 0 Å². The van der Waals surface area contributed by atoms with Crippen molar-refractivity contribution in [3.05, 3.63) is 26.9 Å². The van der Waals surface area contributed by atoms with Gasteiger partial charge in [0.1, 0.15) is 5.69 Å². The van der Waals surface area contributed by atoms with Crippen molar-refractivity contribution in [3.63, 3.8) is 0 Å². The van der Waals surface area contributed by atoms with Gasteiger partial charge in [-0.25, -0.2) is 4.98 Å². The number of aliphatic hydroxyl groups excluding tert-OH is 1. The van der Waals surface area contributed by atoms with E-state index in [-0.39, 0.29) is 12.5 Å². The zero-order valence-electron chi connectivity index (χ0n) is 8.00. The molecule has 1 aromatic heterocycles. The summed E-state index contributed by atoms with van der Waals surface area (Å²) in [5.41, 5.74) is 0.304. The molecule has 2 N–H and O–H groups in total. The van der Waals surface area contributed by atoms with Gasteiger partial charge in [-0.3, -0.25) is 4.79 Å². The lowest BCUT2D eigenvalue weighted by Crippen LogP contribution is -2.31. The van der Waals surface area contributed by atoms with Gasteiger partial charge in [0.2, 0.25) is 0 Å². The maximum absolute atomic E-state index is 11.6. The summed E-state index contributed by atoms with van der Waals surface area (Å²) in [4.78, 5) is 15.5. The zero-order valence-corrected chi connectivity index (χ0v) is 11.2. The van der Waals surface area contributed by atoms with Gasteiger partial charge in [-0.05, 0) is 44.8 Å². The maximum Gasteiger partial charge on any atom is 0.271 e. The second-order valence-electron chi connectivity index (χ2n) is 3.04. The van der Waals surface area contributed by atoms with Gasteiger partial charge < -0.3 is 10.4 Å². The van der Waals surface area contributed by atoms with Gasteiger partial charge in [0.25, 0.3) is 5.91 Å². The fourth-order valence-electron chi connectivity index (χ4n) is 0.906. The number of hydrogen-bond acceptors (Lipinski definition) is 3. The molecule has 1 rings (SSSR count). The Kier molecular flexibility index (Phi) is 4.69. The highest BCUT2D eigenvalue weighted by atomic mass is 79.9. The average molecular weight is 338 g/mol. The van der Waals surface area contributed by atoms with Crippen LogP contribution in [-0.2, 0) is 0 Å². The Morgan fingerprint density at radius 2 is 2.33 bits per heavy atom. The zero-order chi connectivity index (χ0) is 11.4. The highest BCUT2D eigenvalue weighted by molar-refractivity contribution is 9.11. The molecule has 0 fully saturated rings. The summed E-state index contributed by atoms with van der Waals surface area (Å²) in [7, 11) is 0. The van der Waals surface area contributed by atoms with Crippen LogP contribution in [0.5, 0.6) is 0 Å². The molecule has 4 nitrogen and oxygen atoms in total. The van der Waals surface area contributed by atoms with E-state index in [2.05, 4.69) is 42.2 Å². The topological polar surface area (TPSA) is 62.2 Å². The number of nitrogens with one attached hydrogen (secondary N) is 1. The van der Waals surface area contributed by atoms with E-state index in [0.29, 0.717) is 10.2 Å².